The van der Waals surface area contributed by atoms with E-state index < -0.39 is 11.7 Å². The molecule has 2 aromatic heterocycles. The number of alkyl halides is 3. The molecular weight excluding hydrogens is 491 g/mol. The van der Waals surface area contributed by atoms with Gasteiger partial charge in [0.15, 0.2) is 5.82 Å². The second-order valence-corrected chi connectivity index (χ2v) is 8.56. The number of para-hydroxylation sites is 1. The lowest BCUT2D eigenvalue weighted by molar-refractivity contribution is -0.138. The third kappa shape index (κ3) is 5.57. The lowest BCUT2D eigenvalue weighted by atomic mass is 10.1. The predicted octanol–water partition coefficient (Wildman–Crippen LogP) is 6.75. The van der Waals surface area contributed by atoms with Gasteiger partial charge >= 0.3 is 6.18 Å². The zero-order valence-corrected chi connectivity index (χ0v) is 20.5. The fourth-order valence-electron chi connectivity index (χ4n) is 4.16. The number of hydrogen-bond acceptors (Lipinski definition) is 6. The van der Waals surface area contributed by atoms with Gasteiger partial charge in [-0.2, -0.15) is 13.2 Å². The maximum absolute atomic E-state index is 13.4. The van der Waals surface area contributed by atoms with Crippen molar-refractivity contribution in [1.29, 1.82) is 0 Å². The average molecular weight is 516 g/mol. The number of rotatable bonds is 8. The Morgan fingerprint density at radius 2 is 1.61 bits per heavy atom. The summed E-state index contributed by atoms with van der Waals surface area (Å²) in [6.45, 7) is 0.417. The fourth-order valence-corrected chi connectivity index (χ4v) is 4.16. The highest BCUT2D eigenvalue weighted by molar-refractivity contribution is 5.93. The van der Waals surface area contributed by atoms with Crippen LogP contribution in [-0.4, -0.2) is 22.1 Å². The molecule has 0 bridgehead atoms. The molecule has 0 saturated carbocycles. The van der Waals surface area contributed by atoms with Crippen molar-refractivity contribution < 1.29 is 17.9 Å². The Bertz CT molecular complexity index is 1560. The van der Waals surface area contributed by atoms with Crippen LogP contribution in [0.5, 0.6) is 5.75 Å². The number of anilines is 2. The molecule has 2 N–H and O–H groups in total. The third-order valence-corrected chi connectivity index (χ3v) is 6.05. The van der Waals surface area contributed by atoms with Gasteiger partial charge in [-0.1, -0.05) is 36.4 Å². The summed E-state index contributed by atoms with van der Waals surface area (Å²) < 4.78 is 45.5. The molecule has 0 radical (unpaired) electrons. The third-order valence-electron chi connectivity index (χ3n) is 6.05. The Hall–Kier alpha value is -4.50. The van der Waals surface area contributed by atoms with Crippen LogP contribution < -0.4 is 15.4 Å². The molecule has 0 saturated heterocycles. The van der Waals surface area contributed by atoms with Crippen molar-refractivity contribution in [3.63, 3.8) is 0 Å². The molecule has 0 fully saturated rings. The second kappa shape index (κ2) is 10.9. The molecule has 2 heterocycles. The van der Waals surface area contributed by atoms with E-state index in [0.29, 0.717) is 23.9 Å². The first-order chi connectivity index (χ1) is 18.4. The van der Waals surface area contributed by atoms with Crippen LogP contribution in [0.3, 0.4) is 0 Å². The summed E-state index contributed by atoms with van der Waals surface area (Å²) in [5, 5.41) is 7.33. The predicted molar refractivity (Wildman–Crippen MR) is 141 cm³/mol. The Morgan fingerprint density at radius 1 is 0.842 bits per heavy atom. The summed E-state index contributed by atoms with van der Waals surface area (Å²) in [6.07, 6.45) is -1.02. The number of nitrogens with zero attached hydrogens (tertiary/aromatic N) is 3. The van der Waals surface area contributed by atoms with Crippen molar-refractivity contribution in [3.05, 3.63) is 108 Å². The number of ether oxygens (including phenoxy) is 1. The van der Waals surface area contributed by atoms with Gasteiger partial charge in [-0.15, -0.1) is 0 Å². The Balaban J connectivity index is 1.45. The van der Waals surface area contributed by atoms with Crippen LogP contribution in [-0.2, 0) is 19.3 Å². The molecule has 3 aromatic carbocycles. The minimum absolute atomic E-state index is 0.0722. The van der Waals surface area contributed by atoms with Gasteiger partial charge in [0.1, 0.15) is 11.6 Å². The lowest BCUT2D eigenvalue weighted by Crippen LogP contribution is -2.17. The standard InChI is InChI=1S/C29H24F3N5O/c1-38-22-12-13-26-23(15-22)28(37-27(36-26)21-9-6-14-33-18-21)35-25-11-5-3-8-20(25)17-34-16-19-7-2-4-10-24(19)29(30,31)32/h2-15,18,34H,16-17H2,1H3,(H,35,36,37). The molecule has 0 spiro atoms. The van der Waals surface area contributed by atoms with Gasteiger partial charge in [0.25, 0.3) is 0 Å². The molecule has 0 amide bonds. The summed E-state index contributed by atoms with van der Waals surface area (Å²) >= 11 is 0. The molecule has 9 heteroatoms. The van der Waals surface area contributed by atoms with Gasteiger partial charge in [-0.25, -0.2) is 9.97 Å². The maximum Gasteiger partial charge on any atom is 0.416 e. The summed E-state index contributed by atoms with van der Waals surface area (Å²) in [5.41, 5.74) is 2.69. The SMILES string of the molecule is COc1ccc2nc(-c3cccnc3)nc(Nc3ccccc3CNCc3ccccc3C(F)(F)F)c2c1. The first kappa shape index (κ1) is 25.2. The number of hydrogen-bond donors (Lipinski definition) is 2. The zero-order chi connectivity index (χ0) is 26.5. The zero-order valence-electron chi connectivity index (χ0n) is 20.5. The lowest BCUT2D eigenvalue weighted by Gasteiger charge is -2.16. The number of nitrogens with one attached hydrogen (secondary N) is 2. The summed E-state index contributed by atoms with van der Waals surface area (Å²) in [6, 6.07) is 22.4. The van der Waals surface area contributed by atoms with E-state index in [4.69, 9.17) is 14.7 Å². The minimum atomic E-state index is -4.40. The van der Waals surface area contributed by atoms with Crippen LogP contribution in [0.2, 0.25) is 0 Å². The number of halogens is 3. The number of methoxy groups -OCH3 is 1. The number of pyridine rings is 1. The number of aromatic nitrogens is 3. The molecular formula is C29H24F3N5O. The highest BCUT2D eigenvalue weighted by Gasteiger charge is 2.32. The molecule has 5 aromatic rings. The number of benzene rings is 3. The summed E-state index contributed by atoms with van der Waals surface area (Å²) in [5.74, 6) is 1.75. The Morgan fingerprint density at radius 3 is 2.37 bits per heavy atom. The van der Waals surface area contributed by atoms with Gasteiger partial charge in [0, 0.05) is 42.1 Å². The van der Waals surface area contributed by atoms with E-state index >= 15 is 0 Å². The molecule has 38 heavy (non-hydrogen) atoms. The van der Waals surface area contributed by atoms with E-state index in [1.807, 2.05) is 54.6 Å². The van der Waals surface area contributed by atoms with Crippen LogP contribution in [0.1, 0.15) is 16.7 Å². The first-order valence-electron chi connectivity index (χ1n) is 11.9. The Labute approximate surface area is 217 Å². The fraction of sp³-hybridized carbons (Fsp3) is 0.138. The van der Waals surface area contributed by atoms with E-state index in [0.717, 1.165) is 33.8 Å². The van der Waals surface area contributed by atoms with Gasteiger partial charge in [-0.3, -0.25) is 4.98 Å². The Kier molecular flexibility index (Phi) is 7.19. The van der Waals surface area contributed by atoms with Gasteiger partial charge in [-0.05, 0) is 53.6 Å². The van der Waals surface area contributed by atoms with Crippen molar-refractivity contribution in [2.45, 2.75) is 19.3 Å². The normalized spacial score (nSPS) is 11.5. The van der Waals surface area contributed by atoms with Crippen LogP contribution in [0.25, 0.3) is 22.3 Å². The second-order valence-electron chi connectivity index (χ2n) is 8.56. The summed E-state index contributed by atoms with van der Waals surface area (Å²) in [7, 11) is 1.59. The van der Waals surface area contributed by atoms with Gasteiger partial charge < -0.3 is 15.4 Å². The van der Waals surface area contributed by atoms with E-state index in [9.17, 15) is 13.2 Å². The molecule has 0 aliphatic heterocycles. The van der Waals surface area contributed by atoms with E-state index in [-0.39, 0.29) is 12.1 Å². The van der Waals surface area contributed by atoms with Crippen LogP contribution in [0.15, 0.2) is 91.3 Å². The van der Waals surface area contributed by atoms with Gasteiger partial charge in [0.05, 0.1) is 18.2 Å². The molecule has 0 atom stereocenters. The van der Waals surface area contributed by atoms with Crippen LogP contribution in [0, 0.1) is 0 Å². The van der Waals surface area contributed by atoms with E-state index in [1.165, 1.54) is 12.1 Å². The van der Waals surface area contributed by atoms with Crippen molar-refractivity contribution >= 4 is 22.4 Å². The van der Waals surface area contributed by atoms with Crippen molar-refractivity contribution in [3.8, 4) is 17.1 Å². The number of fused-ring (bicyclic) bond motifs is 1. The maximum atomic E-state index is 13.4. The highest BCUT2D eigenvalue weighted by Crippen LogP contribution is 2.33. The molecule has 5 rings (SSSR count). The quantitative estimate of drug-likeness (QED) is 0.238. The summed E-state index contributed by atoms with van der Waals surface area (Å²) in [4.78, 5) is 13.7. The smallest absolute Gasteiger partial charge is 0.416 e. The van der Waals surface area contributed by atoms with Crippen LogP contribution >= 0.6 is 0 Å². The molecule has 6 nitrogen and oxygen atoms in total. The molecule has 0 unspecified atom stereocenters. The first-order valence-corrected chi connectivity index (χ1v) is 11.9. The average Bonchev–Trinajstić information content (AvgIpc) is 2.94. The molecule has 192 valence electrons. The largest absolute Gasteiger partial charge is 0.497 e. The minimum Gasteiger partial charge on any atom is -0.497 e. The van der Waals surface area contributed by atoms with Crippen molar-refractivity contribution in [2.75, 3.05) is 12.4 Å². The van der Waals surface area contributed by atoms with E-state index in [2.05, 4.69) is 15.6 Å². The monoisotopic (exact) mass is 515 g/mol. The van der Waals surface area contributed by atoms with E-state index in [1.54, 1.807) is 25.6 Å². The molecule has 0 aliphatic carbocycles. The topological polar surface area (TPSA) is 72.0 Å². The van der Waals surface area contributed by atoms with Gasteiger partial charge in [0.2, 0.25) is 0 Å². The van der Waals surface area contributed by atoms with Crippen LogP contribution in [0.4, 0.5) is 24.7 Å². The van der Waals surface area contributed by atoms with Crippen molar-refractivity contribution in [1.82, 2.24) is 20.3 Å². The molecule has 0 aliphatic rings. The highest BCUT2D eigenvalue weighted by atomic mass is 19.4. The van der Waals surface area contributed by atoms with Crippen molar-refractivity contribution in [2.24, 2.45) is 0 Å².